The maximum atomic E-state index is 6.04. The Hall–Kier alpha value is -0.540. The normalized spacial score (nSPS) is 28.6. The third kappa shape index (κ3) is 1.98. The maximum absolute atomic E-state index is 6.04. The van der Waals surface area contributed by atoms with Crippen LogP contribution in [-0.4, -0.2) is 18.8 Å². The van der Waals surface area contributed by atoms with Gasteiger partial charge in [-0.1, -0.05) is 22.0 Å². The number of fused-ring (bicyclic) bond motifs is 1. The lowest BCUT2D eigenvalue weighted by molar-refractivity contribution is 0.00278. The first-order valence-electron chi connectivity index (χ1n) is 5.89. The van der Waals surface area contributed by atoms with Crippen LogP contribution < -0.4 is 4.74 Å². The molecule has 2 aliphatic rings. The highest BCUT2D eigenvalue weighted by atomic mass is 79.9. The van der Waals surface area contributed by atoms with Gasteiger partial charge in [0.05, 0.1) is 6.10 Å². The predicted molar refractivity (Wildman–Crippen MR) is 65.9 cm³/mol. The highest BCUT2D eigenvalue weighted by Crippen LogP contribution is 2.33. The van der Waals surface area contributed by atoms with E-state index in [2.05, 4.69) is 34.1 Å². The zero-order chi connectivity index (χ0) is 11.0. The van der Waals surface area contributed by atoms with E-state index in [0.717, 1.165) is 36.1 Å². The Morgan fingerprint density at radius 2 is 2.12 bits per heavy atom. The predicted octanol–water partition coefficient (Wildman–Crippen LogP) is 3.32. The van der Waals surface area contributed by atoms with E-state index in [1.54, 1.807) is 0 Å². The summed E-state index contributed by atoms with van der Waals surface area (Å²) in [5.74, 6) is 1.03. The van der Waals surface area contributed by atoms with Gasteiger partial charge >= 0.3 is 0 Å². The van der Waals surface area contributed by atoms with Gasteiger partial charge in [-0.2, -0.15) is 0 Å². The van der Waals surface area contributed by atoms with Crippen LogP contribution in [0.3, 0.4) is 0 Å². The molecule has 0 amide bonds. The highest BCUT2D eigenvalue weighted by molar-refractivity contribution is 9.10. The molecule has 0 aliphatic carbocycles. The van der Waals surface area contributed by atoms with Crippen LogP contribution >= 0.6 is 15.9 Å². The van der Waals surface area contributed by atoms with Gasteiger partial charge in [0.25, 0.3) is 0 Å². The SMILES string of the molecule is Brc1ccc2c(c1)O[C@@H]([C@H]1CCCO1)CC2. The van der Waals surface area contributed by atoms with Crippen molar-refractivity contribution in [1.82, 2.24) is 0 Å². The summed E-state index contributed by atoms with van der Waals surface area (Å²) in [4.78, 5) is 0. The third-order valence-electron chi connectivity index (χ3n) is 3.39. The van der Waals surface area contributed by atoms with Crippen LogP contribution in [-0.2, 0) is 11.2 Å². The van der Waals surface area contributed by atoms with Gasteiger partial charge in [-0.15, -0.1) is 0 Å². The number of benzene rings is 1. The van der Waals surface area contributed by atoms with Crippen LogP contribution in [0, 0.1) is 0 Å². The molecule has 3 rings (SSSR count). The number of halogens is 1. The molecular formula is C13H15BrO2. The molecule has 1 fully saturated rings. The molecule has 1 aromatic carbocycles. The fourth-order valence-corrected chi connectivity index (χ4v) is 2.86. The summed E-state index contributed by atoms with van der Waals surface area (Å²) in [5, 5.41) is 0. The Bertz CT molecular complexity index is 386. The summed E-state index contributed by atoms with van der Waals surface area (Å²) in [7, 11) is 0. The molecule has 16 heavy (non-hydrogen) atoms. The minimum atomic E-state index is 0.254. The zero-order valence-electron chi connectivity index (χ0n) is 9.12. The average Bonchev–Trinajstić information content (AvgIpc) is 2.81. The van der Waals surface area contributed by atoms with Crippen molar-refractivity contribution in [3.63, 3.8) is 0 Å². The molecule has 0 saturated carbocycles. The van der Waals surface area contributed by atoms with E-state index in [0.29, 0.717) is 6.10 Å². The lowest BCUT2D eigenvalue weighted by Gasteiger charge is -2.29. The van der Waals surface area contributed by atoms with Gasteiger partial charge in [0.2, 0.25) is 0 Å². The highest BCUT2D eigenvalue weighted by Gasteiger charge is 2.30. The van der Waals surface area contributed by atoms with Gasteiger partial charge in [0, 0.05) is 11.1 Å². The summed E-state index contributed by atoms with van der Waals surface area (Å²) in [5.41, 5.74) is 1.32. The summed E-state index contributed by atoms with van der Waals surface area (Å²) >= 11 is 3.48. The van der Waals surface area contributed by atoms with E-state index >= 15 is 0 Å². The first kappa shape index (κ1) is 10.6. The molecule has 86 valence electrons. The van der Waals surface area contributed by atoms with Crippen molar-refractivity contribution in [2.45, 2.75) is 37.9 Å². The number of hydrogen-bond donors (Lipinski definition) is 0. The van der Waals surface area contributed by atoms with E-state index in [1.807, 2.05) is 0 Å². The van der Waals surface area contributed by atoms with Crippen molar-refractivity contribution >= 4 is 15.9 Å². The van der Waals surface area contributed by atoms with Crippen LogP contribution in [0.15, 0.2) is 22.7 Å². The van der Waals surface area contributed by atoms with Crippen molar-refractivity contribution in [1.29, 1.82) is 0 Å². The molecule has 3 heteroatoms. The Labute approximate surface area is 104 Å². The average molecular weight is 283 g/mol. The molecule has 0 bridgehead atoms. The number of ether oxygens (including phenoxy) is 2. The quantitative estimate of drug-likeness (QED) is 0.787. The van der Waals surface area contributed by atoms with Gasteiger partial charge in [0.1, 0.15) is 11.9 Å². The van der Waals surface area contributed by atoms with Crippen LogP contribution in [0.4, 0.5) is 0 Å². The largest absolute Gasteiger partial charge is 0.487 e. The monoisotopic (exact) mass is 282 g/mol. The van der Waals surface area contributed by atoms with E-state index < -0.39 is 0 Å². The molecule has 0 aromatic heterocycles. The topological polar surface area (TPSA) is 18.5 Å². The van der Waals surface area contributed by atoms with Crippen molar-refractivity contribution in [3.05, 3.63) is 28.2 Å². The molecule has 2 heterocycles. The van der Waals surface area contributed by atoms with E-state index in [1.165, 1.54) is 12.0 Å². The minimum absolute atomic E-state index is 0.254. The second-order valence-electron chi connectivity index (χ2n) is 4.50. The maximum Gasteiger partial charge on any atom is 0.125 e. The second kappa shape index (κ2) is 4.38. The molecule has 1 saturated heterocycles. The Morgan fingerprint density at radius 1 is 1.19 bits per heavy atom. The molecule has 0 spiro atoms. The van der Waals surface area contributed by atoms with Crippen LogP contribution in [0.5, 0.6) is 5.75 Å². The third-order valence-corrected chi connectivity index (χ3v) is 3.88. The smallest absolute Gasteiger partial charge is 0.125 e. The Balaban J connectivity index is 1.79. The van der Waals surface area contributed by atoms with E-state index in [4.69, 9.17) is 9.47 Å². The summed E-state index contributed by atoms with van der Waals surface area (Å²) in [6, 6.07) is 6.29. The van der Waals surface area contributed by atoms with E-state index in [-0.39, 0.29) is 6.10 Å². The molecule has 0 radical (unpaired) electrons. The van der Waals surface area contributed by atoms with Crippen LogP contribution in [0.25, 0.3) is 0 Å². The lowest BCUT2D eigenvalue weighted by atomic mass is 9.98. The van der Waals surface area contributed by atoms with Crippen molar-refractivity contribution in [3.8, 4) is 5.75 Å². The van der Waals surface area contributed by atoms with E-state index in [9.17, 15) is 0 Å². The van der Waals surface area contributed by atoms with Crippen molar-refractivity contribution in [2.75, 3.05) is 6.61 Å². The molecule has 2 aliphatic heterocycles. The summed E-state index contributed by atoms with van der Waals surface area (Å²) in [6.07, 6.45) is 5.08. The fourth-order valence-electron chi connectivity index (χ4n) is 2.52. The van der Waals surface area contributed by atoms with Gasteiger partial charge in [-0.3, -0.25) is 0 Å². The second-order valence-corrected chi connectivity index (χ2v) is 5.41. The molecule has 0 N–H and O–H groups in total. The van der Waals surface area contributed by atoms with Crippen LogP contribution in [0.1, 0.15) is 24.8 Å². The molecular weight excluding hydrogens is 268 g/mol. The number of rotatable bonds is 1. The summed E-state index contributed by atoms with van der Waals surface area (Å²) < 4.78 is 12.8. The molecule has 0 unspecified atom stereocenters. The first-order chi connectivity index (χ1) is 7.83. The Kier molecular flexibility index (Phi) is 2.90. The van der Waals surface area contributed by atoms with Crippen LogP contribution in [0.2, 0.25) is 0 Å². The first-order valence-corrected chi connectivity index (χ1v) is 6.69. The summed E-state index contributed by atoms with van der Waals surface area (Å²) in [6.45, 7) is 0.899. The van der Waals surface area contributed by atoms with Gasteiger partial charge in [0.15, 0.2) is 0 Å². The number of hydrogen-bond acceptors (Lipinski definition) is 2. The fraction of sp³-hybridized carbons (Fsp3) is 0.538. The van der Waals surface area contributed by atoms with Gasteiger partial charge < -0.3 is 9.47 Å². The lowest BCUT2D eigenvalue weighted by Crippen LogP contribution is -2.34. The standard InChI is InChI=1S/C13H15BrO2/c14-10-5-3-9-4-6-12(16-13(9)8-10)11-2-1-7-15-11/h3,5,8,11-12H,1-2,4,6-7H2/t11-,12-/m1/s1. The molecule has 2 atom stereocenters. The minimum Gasteiger partial charge on any atom is -0.487 e. The zero-order valence-corrected chi connectivity index (χ0v) is 10.7. The van der Waals surface area contributed by atoms with Crippen molar-refractivity contribution in [2.24, 2.45) is 0 Å². The number of aryl methyl sites for hydroxylation is 1. The van der Waals surface area contributed by atoms with Gasteiger partial charge in [-0.05, 0) is 43.4 Å². The molecule has 2 nitrogen and oxygen atoms in total. The molecule has 1 aromatic rings. The van der Waals surface area contributed by atoms with Gasteiger partial charge in [-0.25, -0.2) is 0 Å². The van der Waals surface area contributed by atoms with Crippen molar-refractivity contribution < 1.29 is 9.47 Å². The Morgan fingerprint density at radius 3 is 2.94 bits per heavy atom.